The highest BCUT2D eigenvalue weighted by atomic mass is 32.2. The molecule has 0 saturated carbocycles. The molecule has 1 aliphatic rings. The van der Waals surface area contributed by atoms with Crippen LogP contribution in [0.1, 0.15) is 17.0 Å². The summed E-state index contributed by atoms with van der Waals surface area (Å²) in [6.45, 7) is 0. The van der Waals surface area contributed by atoms with E-state index in [2.05, 4.69) is 29.2 Å². The standard InChI is InChI=1S/C15H15NOS/c17-14(8-11-4-3-7-16-9-11)13-10-18-15-6-2-1-5-12(13)15/h1-7,9,13-14,17H,8,10H2. The van der Waals surface area contributed by atoms with Gasteiger partial charge in [-0.3, -0.25) is 4.98 Å². The molecule has 3 rings (SSSR count). The van der Waals surface area contributed by atoms with Crippen LogP contribution in [0.4, 0.5) is 0 Å². The molecule has 2 heterocycles. The number of hydrogen-bond donors (Lipinski definition) is 1. The molecule has 2 atom stereocenters. The van der Waals surface area contributed by atoms with Crippen LogP contribution in [0.5, 0.6) is 0 Å². The molecule has 0 amide bonds. The fraction of sp³-hybridized carbons (Fsp3) is 0.267. The van der Waals surface area contributed by atoms with Crippen molar-refractivity contribution in [1.29, 1.82) is 0 Å². The Morgan fingerprint density at radius 2 is 2.17 bits per heavy atom. The Hall–Kier alpha value is -1.32. The highest BCUT2D eigenvalue weighted by Gasteiger charge is 2.28. The van der Waals surface area contributed by atoms with Gasteiger partial charge in [-0.05, 0) is 23.3 Å². The van der Waals surface area contributed by atoms with Crippen LogP contribution in [0.25, 0.3) is 0 Å². The molecule has 0 radical (unpaired) electrons. The van der Waals surface area contributed by atoms with Crippen LogP contribution in [0.3, 0.4) is 0 Å². The van der Waals surface area contributed by atoms with Gasteiger partial charge in [-0.25, -0.2) is 0 Å². The van der Waals surface area contributed by atoms with Gasteiger partial charge in [0.1, 0.15) is 0 Å². The van der Waals surface area contributed by atoms with E-state index in [1.54, 1.807) is 6.20 Å². The zero-order valence-corrected chi connectivity index (χ0v) is 10.8. The molecule has 2 unspecified atom stereocenters. The third-order valence-corrected chi connectivity index (χ3v) is 4.58. The van der Waals surface area contributed by atoms with E-state index in [0.717, 1.165) is 11.3 Å². The number of aromatic nitrogens is 1. The van der Waals surface area contributed by atoms with E-state index in [9.17, 15) is 5.11 Å². The Balaban J connectivity index is 1.77. The maximum atomic E-state index is 10.4. The normalized spacial score (nSPS) is 19.5. The molecule has 3 heteroatoms. The van der Waals surface area contributed by atoms with Gasteiger partial charge in [-0.2, -0.15) is 0 Å². The summed E-state index contributed by atoms with van der Waals surface area (Å²) in [6.07, 6.45) is 3.94. The van der Waals surface area contributed by atoms with Crippen molar-refractivity contribution in [2.75, 3.05) is 5.75 Å². The highest BCUT2D eigenvalue weighted by Crippen LogP contribution is 2.41. The number of benzene rings is 1. The van der Waals surface area contributed by atoms with E-state index in [-0.39, 0.29) is 12.0 Å². The number of fused-ring (bicyclic) bond motifs is 1. The van der Waals surface area contributed by atoms with E-state index < -0.39 is 0 Å². The molecule has 0 bridgehead atoms. The molecule has 1 N–H and O–H groups in total. The molecule has 0 saturated heterocycles. The summed E-state index contributed by atoms with van der Waals surface area (Å²) in [5, 5.41) is 10.4. The molecule has 1 aromatic heterocycles. The van der Waals surface area contributed by atoms with Crippen molar-refractivity contribution >= 4 is 11.8 Å². The maximum absolute atomic E-state index is 10.4. The predicted molar refractivity (Wildman–Crippen MR) is 73.9 cm³/mol. The van der Waals surface area contributed by atoms with Gasteiger partial charge < -0.3 is 5.11 Å². The highest BCUT2D eigenvalue weighted by molar-refractivity contribution is 7.99. The van der Waals surface area contributed by atoms with E-state index in [1.807, 2.05) is 30.1 Å². The van der Waals surface area contributed by atoms with Crippen molar-refractivity contribution in [2.24, 2.45) is 0 Å². The number of rotatable bonds is 3. The lowest BCUT2D eigenvalue weighted by Gasteiger charge is -2.18. The third kappa shape index (κ3) is 2.28. The van der Waals surface area contributed by atoms with E-state index in [1.165, 1.54) is 10.5 Å². The Morgan fingerprint density at radius 3 is 3.00 bits per heavy atom. The minimum Gasteiger partial charge on any atom is -0.392 e. The zero-order chi connectivity index (χ0) is 12.4. The second-order valence-electron chi connectivity index (χ2n) is 4.59. The van der Waals surface area contributed by atoms with Crippen LogP contribution in [0.15, 0.2) is 53.7 Å². The molecular formula is C15H15NOS. The summed E-state index contributed by atoms with van der Waals surface area (Å²) < 4.78 is 0. The first-order chi connectivity index (χ1) is 8.84. The number of pyridine rings is 1. The lowest BCUT2D eigenvalue weighted by molar-refractivity contribution is 0.151. The second kappa shape index (κ2) is 5.12. The van der Waals surface area contributed by atoms with Crippen LogP contribution in [0.2, 0.25) is 0 Å². The van der Waals surface area contributed by atoms with Crippen LogP contribution in [-0.2, 0) is 6.42 Å². The Bertz CT molecular complexity index is 529. The molecule has 1 aromatic carbocycles. The molecule has 1 aliphatic heterocycles. The summed E-state index contributed by atoms with van der Waals surface area (Å²) in [4.78, 5) is 5.41. The summed E-state index contributed by atoms with van der Waals surface area (Å²) >= 11 is 1.84. The monoisotopic (exact) mass is 257 g/mol. The lowest BCUT2D eigenvalue weighted by atomic mass is 9.92. The van der Waals surface area contributed by atoms with Gasteiger partial charge in [0, 0.05) is 35.4 Å². The molecule has 2 nitrogen and oxygen atoms in total. The lowest BCUT2D eigenvalue weighted by Crippen LogP contribution is -2.21. The molecule has 92 valence electrons. The first-order valence-electron chi connectivity index (χ1n) is 6.13. The number of hydrogen-bond acceptors (Lipinski definition) is 3. The van der Waals surface area contributed by atoms with Gasteiger partial charge in [0.2, 0.25) is 0 Å². The van der Waals surface area contributed by atoms with Gasteiger partial charge in [0.05, 0.1) is 6.10 Å². The summed E-state index contributed by atoms with van der Waals surface area (Å²) in [5.41, 5.74) is 2.39. The van der Waals surface area contributed by atoms with E-state index in [0.29, 0.717) is 6.42 Å². The van der Waals surface area contributed by atoms with Gasteiger partial charge in [0.25, 0.3) is 0 Å². The fourth-order valence-corrected chi connectivity index (χ4v) is 3.73. The van der Waals surface area contributed by atoms with Crippen molar-refractivity contribution in [2.45, 2.75) is 23.3 Å². The number of aliphatic hydroxyl groups is 1. The van der Waals surface area contributed by atoms with Crippen LogP contribution >= 0.6 is 11.8 Å². The van der Waals surface area contributed by atoms with Gasteiger partial charge in [0.15, 0.2) is 0 Å². The minimum atomic E-state index is -0.328. The molecule has 2 aromatic rings. The zero-order valence-electron chi connectivity index (χ0n) is 9.99. The molecule has 0 aliphatic carbocycles. The second-order valence-corrected chi connectivity index (χ2v) is 5.65. The molecule has 0 spiro atoms. The fourth-order valence-electron chi connectivity index (χ4n) is 2.41. The Labute approximate surface area is 111 Å². The van der Waals surface area contributed by atoms with Crippen LogP contribution in [0, 0.1) is 0 Å². The average molecular weight is 257 g/mol. The summed E-state index contributed by atoms with van der Waals surface area (Å²) in [6, 6.07) is 12.3. The summed E-state index contributed by atoms with van der Waals surface area (Å²) in [5.74, 6) is 1.22. The maximum Gasteiger partial charge on any atom is 0.0658 e. The average Bonchev–Trinajstić information content (AvgIpc) is 2.84. The molecular weight excluding hydrogens is 242 g/mol. The smallest absolute Gasteiger partial charge is 0.0658 e. The van der Waals surface area contributed by atoms with Crippen molar-refractivity contribution < 1.29 is 5.11 Å². The third-order valence-electron chi connectivity index (χ3n) is 3.37. The van der Waals surface area contributed by atoms with Crippen LogP contribution < -0.4 is 0 Å². The molecule has 0 fully saturated rings. The topological polar surface area (TPSA) is 33.1 Å². The Kier molecular flexibility index (Phi) is 3.35. The number of thioether (sulfide) groups is 1. The largest absolute Gasteiger partial charge is 0.392 e. The van der Waals surface area contributed by atoms with E-state index >= 15 is 0 Å². The van der Waals surface area contributed by atoms with E-state index in [4.69, 9.17) is 0 Å². The quantitative estimate of drug-likeness (QED) is 0.918. The SMILES string of the molecule is OC(Cc1cccnc1)C1CSc2ccccc21. The number of nitrogens with zero attached hydrogens (tertiary/aromatic N) is 1. The van der Waals surface area contributed by atoms with Crippen molar-refractivity contribution in [3.05, 3.63) is 59.9 Å². The number of aliphatic hydroxyl groups excluding tert-OH is 1. The minimum absolute atomic E-state index is 0.242. The van der Waals surface area contributed by atoms with Gasteiger partial charge in [-0.1, -0.05) is 24.3 Å². The first-order valence-corrected chi connectivity index (χ1v) is 7.12. The van der Waals surface area contributed by atoms with Crippen LogP contribution in [-0.4, -0.2) is 21.9 Å². The Morgan fingerprint density at radius 1 is 1.28 bits per heavy atom. The predicted octanol–water partition coefficient (Wildman–Crippen LogP) is 2.87. The summed E-state index contributed by atoms with van der Waals surface area (Å²) in [7, 11) is 0. The van der Waals surface area contributed by atoms with Crippen molar-refractivity contribution in [1.82, 2.24) is 4.98 Å². The molecule has 18 heavy (non-hydrogen) atoms. The first kappa shape index (κ1) is 11.8. The van der Waals surface area contributed by atoms with Crippen molar-refractivity contribution in [3.63, 3.8) is 0 Å². The van der Waals surface area contributed by atoms with Gasteiger partial charge in [-0.15, -0.1) is 11.8 Å². The van der Waals surface area contributed by atoms with Gasteiger partial charge >= 0.3 is 0 Å². The van der Waals surface area contributed by atoms with Crippen molar-refractivity contribution in [3.8, 4) is 0 Å².